The van der Waals surface area contributed by atoms with Crippen LogP contribution < -0.4 is 0 Å². The summed E-state index contributed by atoms with van der Waals surface area (Å²) in [5.74, 6) is -1.48. The van der Waals surface area contributed by atoms with Crippen LogP contribution in [0.1, 0.15) is 56.1 Å². The largest absolute Gasteiger partial charge is 0.478 e. The minimum absolute atomic E-state index is 0.0353. The van der Waals surface area contributed by atoms with Gasteiger partial charge >= 0.3 is 18.2 Å². The van der Waals surface area contributed by atoms with E-state index in [4.69, 9.17) is 9.84 Å². The van der Waals surface area contributed by atoms with Gasteiger partial charge in [-0.3, -0.25) is 0 Å². The predicted molar refractivity (Wildman–Crippen MR) is 85.4 cm³/mol. The van der Waals surface area contributed by atoms with Gasteiger partial charge in [-0.2, -0.15) is 13.2 Å². The van der Waals surface area contributed by atoms with Crippen molar-refractivity contribution in [3.8, 4) is 0 Å². The van der Waals surface area contributed by atoms with Crippen LogP contribution in [0.5, 0.6) is 0 Å². The van der Waals surface area contributed by atoms with Gasteiger partial charge in [0, 0.05) is 7.05 Å². The molecule has 1 rings (SSSR count). The molecule has 0 aliphatic heterocycles. The molecule has 1 aromatic rings. The van der Waals surface area contributed by atoms with Crippen molar-refractivity contribution >= 4 is 12.1 Å². The van der Waals surface area contributed by atoms with Gasteiger partial charge in [-0.05, 0) is 58.4 Å². The number of nitrogens with zero attached hydrogens (tertiary/aromatic N) is 1. The maximum absolute atomic E-state index is 13.1. The first-order valence-corrected chi connectivity index (χ1v) is 7.48. The molecule has 0 aliphatic carbocycles. The third-order valence-electron chi connectivity index (χ3n) is 3.72. The molecule has 25 heavy (non-hydrogen) atoms. The Morgan fingerprint density at radius 1 is 1.00 bits per heavy atom. The molecule has 0 fully saturated rings. The average Bonchev–Trinajstić information content (AvgIpc) is 2.43. The molecule has 1 N–H and O–H groups in total. The molecule has 0 saturated heterocycles. The number of amides is 1. The van der Waals surface area contributed by atoms with Crippen molar-refractivity contribution in [2.24, 2.45) is 0 Å². The molecule has 0 aromatic heterocycles. The number of carboxylic acids is 1. The highest BCUT2D eigenvalue weighted by molar-refractivity contribution is 5.88. The summed E-state index contributed by atoms with van der Waals surface area (Å²) in [6.07, 6.45) is -5.44. The van der Waals surface area contributed by atoms with Gasteiger partial charge in [0.25, 0.3) is 0 Å². The van der Waals surface area contributed by atoms with E-state index in [-0.39, 0.29) is 5.56 Å². The summed E-state index contributed by atoms with van der Waals surface area (Å²) in [7, 11) is 1.38. The van der Waals surface area contributed by atoms with Gasteiger partial charge < -0.3 is 14.7 Å². The summed E-state index contributed by atoms with van der Waals surface area (Å²) >= 11 is 0. The summed E-state index contributed by atoms with van der Waals surface area (Å²) in [6.45, 7) is 8.02. The van der Waals surface area contributed by atoms with E-state index in [9.17, 15) is 22.8 Å². The number of rotatable bonds is 3. The van der Waals surface area contributed by atoms with Gasteiger partial charge in [-0.15, -0.1) is 0 Å². The van der Waals surface area contributed by atoms with Gasteiger partial charge in [0.15, 0.2) is 0 Å². The number of carboxylic acid groups (broad SMARTS) is 1. The molecular weight excluding hydrogens is 339 g/mol. The Morgan fingerprint density at radius 2 is 1.48 bits per heavy atom. The van der Waals surface area contributed by atoms with Crippen LogP contribution >= 0.6 is 0 Å². The SMILES string of the molecule is CN(C(=O)OC(C)(C)C)C(C)(C)c1cc(C(=O)O)cc(C(F)(F)F)c1. The highest BCUT2D eigenvalue weighted by Crippen LogP contribution is 2.35. The summed E-state index contributed by atoms with van der Waals surface area (Å²) < 4.78 is 44.5. The van der Waals surface area contributed by atoms with E-state index in [0.717, 1.165) is 17.0 Å². The molecule has 5 nitrogen and oxygen atoms in total. The minimum atomic E-state index is -4.71. The number of carbonyl (C=O) groups excluding carboxylic acids is 1. The number of aromatic carboxylic acids is 1. The molecule has 1 aromatic carbocycles. The van der Waals surface area contributed by atoms with Gasteiger partial charge in [-0.1, -0.05) is 0 Å². The van der Waals surface area contributed by atoms with E-state index in [1.54, 1.807) is 20.8 Å². The van der Waals surface area contributed by atoms with Crippen LogP contribution in [0.2, 0.25) is 0 Å². The Morgan fingerprint density at radius 3 is 1.88 bits per heavy atom. The van der Waals surface area contributed by atoms with Gasteiger partial charge in [0.2, 0.25) is 0 Å². The van der Waals surface area contributed by atoms with Crippen LogP contribution in [0.15, 0.2) is 18.2 Å². The molecule has 8 heteroatoms. The third-order valence-corrected chi connectivity index (χ3v) is 3.72. The monoisotopic (exact) mass is 361 g/mol. The van der Waals surface area contributed by atoms with Crippen LogP contribution in [0.4, 0.5) is 18.0 Å². The topological polar surface area (TPSA) is 66.8 Å². The second-order valence-electron chi connectivity index (χ2n) is 7.20. The normalized spacial score (nSPS) is 12.7. The molecule has 0 bridgehead atoms. The zero-order valence-electron chi connectivity index (χ0n) is 15.0. The van der Waals surface area contributed by atoms with Crippen LogP contribution in [0.3, 0.4) is 0 Å². The second kappa shape index (κ2) is 6.57. The summed E-state index contributed by atoms with van der Waals surface area (Å²) in [5, 5.41) is 9.09. The molecule has 140 valence electrons. The number of hydrogen-bond donors (Lipinski definition) is 1. The zero-order chi connectivity index (χ0) is 19.8. The second-order valence-corrected chi connectivity index (χ2v) is 7.20. The molecule has 0 heterocycles. The fraction of sp³-hybridized carbons (Fsp3) is 0.529. The lowest BCUT2D eigenvalue weighted by molar-refractivity contribution is -0.137. The lowest BCUT2D eigenvalue weighted by Gasteiger charge is -2.37. The quantitative estimate of drug-likeness (QED) is 0.860. The van der Waals surface area contributed by atoms with Crippen molar-refractivity contribution < 1.29 is 32.6 Å². The first kappa shape index (κ1) is 20.8. The highest BCUT2D eigenvalue weighted by atomic mass is 19.4. The van der Waals surface area contributed by atoms with Gasteiger partial charge in [-0.25, -0.2) is 9.59 Å². The molecule has 0 unspecified atom stereocenters. The van der Waals surface area contributed by atoms with Crippen molar-refractivity contribution in [2.75, 3.05) is 7.05 Å². The van der Waals surface area contributed by atoms with E-state index in [2.05, 4.69) is 0 Å². The molecular formula is C17H22F3NO4. The first-order chi connectivity index (χ1) is 11.1. The van der Waals surface area contributed by atoms with Crippen molar-refractivity contribution in [1.29, 1.82) is 0 Å². The Balaban J connectivity index is 3.39. The molecule has 0 saturated carbocycles. The van der Waals surface area contributed by atoms with E-state index in [1.165, 1.54) is 20.9 Å². The van der Waals surface area contributed by atoms with Crippen LogP contribution in [-0.2, 0) is 16.5 Å². The van der Waals surface area contributed by atoms with Crippen molar-refractivity contribution in [1.82, 2.24) is 4.90 Å². The predicted octanol–water partition coefficient (Wildman–Crippen LogP) is 4.51. The van der Waals surface area contributed by atoms with E-state index < -0.39 is 40.5 Å². The number of halogens is 3. The summed E-state index contributed by atoms with van der Waals surface area (Å²) in [4.78, 5) is 24.6. The lowest BCUT2D eigenvalue weighted by Crippen LogP contribution is -2.45. The molecule has 0 aliphatic rings. The zero-order valence-corrected chi connectivity index (χ0v) is 15.0. The number of hydrogen-bond acceptors (Lipinski definition) is 3. The fourth-order valence-electron chi connectivity index (χ4n) is 2.02. The minimum Gasteiger partial charge on any atom is -0.478 e. The summed E-state index contributed by atoms with van der Waals surface area (Å²) in [6, 6.07) is 2.53. The average molecular weight is 361 g/mol. The van der Waals surface area contributed by atoms with Gasteiger partial charge in [0.05, 0.1) is 16.7 Å². The van der Waals surface area contributed by atoms with Crippen molar-refractivity contribution in [3.63, 3.8) is 0 Å². The van der Waals surface area contributed by atoms with E-state index in [0.29, 0.717) is 6.07 Å². The number of ether oxygens (including phenoxy) is 1. The Hall–Kier alpha value is -2.25. The number of carbonyl (C=O) groups is 2. The Bertz CT molecular complexity index is 675. The van der Waals surface area contributed by atoms with Crippen molar-refractivity contribution in [3.05, 3.63) is 34.9 Å². The lowest BCUT2D eigenvalue weighted by atomic mass is 9.89. The number of benzene rings is 1. The fourth-order valence-corrected chi connectivity index (χ4v) is 2.02. The maximum atomic E-state index is 13.1. The molecule has 0 atom stereocenters. The Labute approximate surface area is 144 Å². The van der Waals surface area contributed by atoms with Crippen LogP contribution in [0.25, 0.3) is 0 Å². The van der Waals surface area contributed by atoms with Gasteiger partial charge in [0.1, 0.15) is 5.60 Å². The summed E-state index contributed by atoms with van der Waals surface area (Å²) in [5.41, 5.74) is -3.56. The van der Waals surface area contributed by atoms with E-state index in [1.807, 2.05) is 0 Å². The smallest absolute Gasteiger partial charge is 0.416 e. The molecule has 0 radical (unpaired) electrons. The van der Waals surface area contributed by atoms with Crippen LogP contribution in [0, 0.1) is 0 Å². The van der Waals surface area contributed by atoms with Crippen LogP contribution in [-0.4, -0.2) is 34.7 Å². The molecule has 0 spiro atoms. The standard InChI is InChI=1S/C17H22F3NO4/c1-15(2,3)25-14(24)21(6)16(4,5)11-7-10(13(22)23)8-12(9-11)17(18,19)20/h7-9H,1-6H3,(H,22,23). The first-order valence-electron chi connectivity index (χ1n) is 7.48. The highest BCUT2D eigenvalue weighted by Gasteiger charge is 2.37. The van der Waals surface area contributed by atoms with E-state index >= 15 is 0 Å². The third kappa shape index (κ3) is 5.11. The molecule has 1 amide bonds. The number of alkyl halides is 3. The Kier molecular flexibility index (Phi) is 5.47. The van der Waals surface area contributed by atoms with Crippen molar-refractivity contribution in [2.45, 2.75) is 51.9 Å². The maximum Gasteiger partial charge on any atom is 0.416 e.